The lowest BCUT2D eigenvalue weighted by atomic mass is 9.82. The van der Waals surface area contributed by atoms with Crippen molar-refractivity contribution in [1.29, 1.82) is 0 Å². The first-order valence-corrected chi connectivity index (χ1v) is 12.6. The Bertz CT molecular complexity index is 1450. The van der Waals surface area contributed by atoms with Gasteiger partial charge in [-0.25, -0.2) is 9.59 Å². The summed E-state index contributed by atoms with van der Waals surface area (Å²) in [6, 6.07) is 6.60. The van der Waals surface area contributed by atoms with Gasteiger partial charge in [0.25, 0.3) is 0 Å². The summed E-state index contributed by atoms with van der Waals surface area (Å²) in [6.07, 6.45) is 0.854. The summed E-state index contributed by atoms with van der Waals surface area (Å²) < 4.78 is 21.1. The van der Waals surface area contributed by atoms with Gasteiger partial charge in [0.05, 0.1) is 23.3 Å². The molecule has 1 amide bonds. The minimum absolute atomic E-state index is 0.0108. The van der Waals surface area contributed by atoms with Crippen LogP contribution in [0.5, 0.6) is 11.5 Å². The molecule has 1 saturated carbocycles. The SMILES string of the molecule is CC(=O)Oc1cccc2c1C(=O)c1c(OC(C)=O)cc(C(=O)OCC3(CNC(=O)OC(C)(C)C)CC3)cc1C2=O. The fraction of sp³-hybridized carbons (Fsp3) is 0.379. The maximum atomic E-state index is 13.5. The Kier molecular flexibility index (Phi) is 7.51. The zero-order chi connectivity index (χ0) is 29.4. The first-order chi connectivity index (χ1) is 18.7. The molecule has 0 saturated heterocycles. The van der Waals surface area contributed by atoms with Crippen molar-refractivity contribution in [3.8, 4) is 11.5 Å². The minimum atomic E-state index is -0.806. The van der Waals surface area contributed by atoms with Gasteiger partial charge in [-0.05, 0) is 51.8 Å². The van der Waals surface area contributed by atoms with Gasteiger partial charge in [0.1, 0.15) is 17.1 Å². The van der Waals surface area contributed by atoms with Gasteiger partial charge in [0, 0.05) is 36.9 Å². The highest BCUT2D eigenvalue weighted by Crippen LogP contribution is 2.45. The summed E-state index contributed by atoms with van der Waals surface area (Å²) in [5, 5.41) is 2.69. The van der Waals surface area contributed by atoms with E-state index in [2.05, 4.69) is 5.32 Å². The highest BCUT2D eigenvalue weighted by atomic mass is 16.6. The standard InChI is InChI=1S/C29H29NO10/c1-15(31)38-20-8-6-7-18-22(20)25(34)23-19(24(18)33)11-17(12-21(23)39-16(2)32)26(35)37-14-29(9-10-29)13-30-27(36)40-28(3,4)5/h6-8,11-12H,9-10,13-14H2,1-5H3,(H,30,36). The Morgan fingerprint density at radius 3 is 2.10 bits per heavy atom. The van der Waals surface area contributed by atoms with Crippen LogP contribution in [0.25, 0.3) is 0 Å². The zero-order valence-corrected chi connectivity index (χ0v) is 22.8. The fourth-order valence-electron chi connectivity index (χ4n) is 4.27. The molecule has 0 spiro atoms. The van der Waals surface area contributed by atoms with Gasteiger partial charge < -0.3 is 24.3 Å². The number of fused-ring (bicyclic) bond motifs is 2. The van der Waals surface area contributed by atoms with Crippen molar-refractivity contribution in [2.45, 2.75) is 53.1 Å². The molecule has 0 aliphatic heterocycles. The average Bonchev–Trinajstić information content (AvgIpc) is 3.62. The Balaban J connectivity index is 1.59. The third-order valence-corrected chi connectivity index (χ3v) is 6.29. The Morgan fingerprint density at radius 2 is 1.50 bits per heavy atom. The summed E-state index contributed by atoms with van der Waals surface area (Å²) in [5.41, 5.74) is -1.77. The van der Waals surface area contributed by atoms with Crippen LogP contribution < -0.4 is 14.8 Å². The van der Waals surface area contributed by atoms with Gasteiger partial charge in [0.15, 0.2) is 5.78 Å². The molecule has 2 aromatic carbocycles. The number of alkyl carbamates (subject to hydrolysis) is 1. The van der Waals surface area contributed by atoms with Crippen LogP contribution in [0.2, 0.25) is 0 Å². The van der Waals surface area contributed by atoms with Gasteiger partial charge in [-0.2, -0.15) is 0 Å². The van der Waals surface area contributed by atoms with Crippen LogP contribution in [0.4, 0.5) is 4.79 Å². The number of ketones is 2. The molecule has 1 fully saturated rings. The summed E-state index contributed by atoms with van der Waals surface area (Å²) in [7, 11) is 0. The van der Waals surface area contributed by atoms with Gasteiger partial charge in [-0.1, -0.05) is 12.1 Å². The van der Waals surface area contributed by atoms with Crippen molar-refractivity contribution >= 4 is 35.6 Å². The van der Waals surface area contributed by atoms with Crippen LogP contribution >= 0.6 is 0 Å². The second-order valence-corrected chi connectivity index (χ2v) is 10.9. The van der Waals surface area contributed by atoms with Crippen molar-refractivity contribution in [2.24, 2.45) is 5.41 Å². The molecule has 210 valence electrons. The van der Waals surface area contributed by atoms with Gasteiger partial charge in [0.2, 0.25) is 5.78 Å². The summed E-state index contributed by atoms with van der Waals surface area (Å²) in [6.45, 7) is 7.75. The lowest BCUT2D eigenvalue weighted by Crippen LogP contribution is -2.37. The molecule has 40 heavy (non-hydrogen) atoms. The Morgan fingerprint density at radius 1 is 0.875 bits per heavy atom. The van der Waals surface area contributed by atoms with Crippen molar-refractivity contribution in [3.05, 3.63) is 58.1 Å². The van der Waals surface area contributed by atoms with Crippen LogP contribution in [-0.4, -0.2) is 54.3 Å². The number of esters is 3. The lowest BCUT2D eigenvalue weighted by Gasteiger charge is -2.23. The van der Waals surface area contributed by atoms with Crippen molar-refractivity contribution in [2.75, 3.05) is 13.2 Å². The van der Waals surface area contributed by atoms with E-state index in [1.165, 1.54) is 24.3 Å². The van der Waals surface area contributed by atoms with Crippen LogP contribution in [0, 0.1) is 5.41 Å². The van der Waals surface area contributed by atoms with Gasteiger partial charge in [-0.15, -0.1) is 0 Å². The van der Waals surface area contributed by atoms with E-state index in [1.807, 2.05) is 0 Å². The second-order valence-electron chi connectivity index (χ2n) is 10.9. The van der Waals surface area contributed by atoms with Crippen LogP contribution in [-0.2, 0) is 19.1 Å². The number of ether oxygens (including phenoxy) is 4. The summed E-state index contributed by atoms with van der Waals surface area (Å²) in [5.74, 6) is -4.01. The van der Waals surface area contributed by atoms with E-state index in [4.69, 9.17) is 18.9 Å². The number of hydrogen-bond acceptors (Lipinski definition) is 10. The normalized spacial score (nSPS) is 14.8. The molecule has 0 unspecified atom stereocenters. The Hall–Kier alpha value is -4.54. The first kappa shape index (κ1) is 28.5. The largest absolute Gasteiger partial charge is 0.461 e. The monoisotopic (exact) mass is 551 g/mol. The predicted octanol–water partition coefficient (Wildman–Crippen LogP) is 3.77. The van der Waals surface area contributed by atoms with Crippen LogP contribution in [0.3, 0.4) is 0 Å². The summed E-state index contributed by atoms with van der Waals surface area (Å²) >= 11 is 0. The third-order valence-electron chi connectivity index (χ3n) is 6.29. The van der Waals surface area contributed by atoms with E-state index in [1.54, 1.807) is 20.8 Å². The molecule has 11 nitrogen and oxygen atoms in total. The maximum absolute atomic E-state index is 13.5. The van der Waals surface area contributed by atoms with E-state index in [0.717, 1.165) is 19.9 Å². The van der Waals surface area contributed by atoms with E-state index < -0.39 is 46.6 Å². The zero-order valence-electron chi connectivity index (χ0n) is 22.8. The highest BCUT2D eigenvalue weighted by Gasteiger charge is 2.45. The number of nitrogens with one attached hydrogen (secondary N) is 1. The number of hydrogen-bond donors (Lipinski definition) is 1. The molecule has 0 aromatic heterocycles. The molecule has 4 rings (SSSR count). The molecular formula is C29H29NO10. The number of amides is 1. The minimum Gasteiger partial charge on any atom is -0.461 e. The maximum Gasteiger partial charge on any atom is 0.407 e. The van der Waals surface area contributed by atoms with E-state index >= 15 is 0 Å². The Labute approximate surface area is 230 Å². The van der Waals surface area contributed by atoms with Crippen LogP contribution in [0.1, 0.15) is 89.7 Å². The topological polar surface area (TPSA) is 151 Å². The van der Waals surface area contributed by atoms with E-state index in [-0.39, 0.29) is 52.5 Å². The van der Waals surface area contributed by atoms with Crippen molar-refractivity contribution in [3.63, 3.8) is 0 Å². The number of benzene rings is 2. The number of rotatable bonds is 7. The molecule has 11 heteroatoms. The van der Waals surface area contributed by atoms with E-state index in [0.29, 0.717) is 12.8 Å². The van der Waals surface area contributed by atoms with Crippen molar-refractivity contribution < 1.29 is 47.7 Å². The molecule has 0 radical (unpaired) electrons. The van der Waals surface area contributed by atoms with Gasteiger partial charge in [-0.3, -0.25) is 19.2 Å². The van der Waals surface area contributed by atoms with Gasteiger partial charge >= 0.3 is 24.0 Å². The second kappa shape index (κ2) is 10.6. The summed E-state index contributed by atoms with van der Waals surface area (Å²) in [4.78, 5) is 75.4. The molecule has 2 aliphatic rings. The molecule has 2 aromatic rings. The molecular weight excluding hydrogens is 522 g/mol. The number of carbonyl (C=O) groups excluding carboxylic acids is 6. The van der Waals surface area contributed by atoms with E-state index in [9.17, 15) is 28.8 Å². The first-order valence-electron chi connectivity index (χ1n) is 12.6. The predicted molar refractivity (Wildman–Crippen MR) is 139 cm³/mol. The molecule has 1 N–H and O–H groups in total. The molecule has 2 aliphatic carbocycles. The van der Waals surface area contributed by atoms with Crippen LogP contribution in [0.15, 0.2) is 30.3 Å². The smallest absolute Gasteiger partial charge is 0.407 e. The van der Waals surface area contributed by atoms with Crippen molar-refractivity contribution in [1.82, 2.24) is 5.32 Å². The molecule has 0 atom stereocenters. The molecule has 0 bridgehead atoms. The lowest BCUT2D eigenvalue weighted by molar-refractivity contribution is -0.132. The fourth-order valence-corrected chi connectivity index (χ4v) is 4.27. The third kappa shape index (κ3) is 6.19. The quantitative estimate of drug-likeness (QED) is 0.339. The highest BCUT2D eigenvalue weighted by molar-refractivity contribution is 6.30. The average molecular weight is 552 g/mol. The molecule has 0 heterocycles. The number of carbonyl (C=O) groups is 6.